The summed E-state index contributed by atoms with van der Waals surface area (Å²) >= 11 is 0. The van der Waals surface area contributed by atoms with Crippen LogP contribution in [0.1, 0.15) is 36.3 Å². The number of aromatic nitrogens is 3. The number of hydrogen-bond donors (Lipinski definition) is 3. The first kappa shape index (κ1) is 18.4. The smallest absolute Gasteiger partial charge is 0.159 e. The van der Waals surface area contributed by atoms with E-state index in [0.29, 0.717) is 11.9 Å². The van der Waals surface area contributed by atoms with E-state index < -0.39 is 9.84 Å². The molecule has 0 saturated heterocycles. The summed E-state index contributed by atoms with van der Waals surface area (Å²) in [6.45, 7) is 0. The van der Waals surface area contributed by atoms with E-state index in [2.05, 4.69) is 20.7 Å². The van der Waals surface area contributed by atoms with Crippen LogP contribution in [0.15, 0.2) is 36.5 Å². The molecule has 5 rings (SSSR count). The summed E-state index contributed by atoms with van der Waals surface area (Å²) in [5.41, 5.74) is 9.39. The summed E-state index contributed by atoms with van der Waals surface area (Å²) in [4.78, 5) is 4.62. The molecule has 0 aliphatic heterocycles. The highest BCUT2D eigenvalue weighted by Gasteiger charge is 2.36. The van der Waals surface area contributed by atoms with Gasteiger partial charge in [-0.2, -0.15) is 9.61 Å². The van der Waals surface area contributed by atoms with E-state index >= 15 is 0 Å². The third kappa shape index (κ3) is 4.06. The molecule has 8 nitrogen and oxygen atoms in total. The van der Waals surface area contributed by atoms with Crippen molar-refractivity contribution in [1.29, 1.82) is 0 Å². The van der Waals surface area contributed by atoms with Crippen molar-refractivity contribution < 1.29 is 8.42 Å². The van der Waals surface area contributed by atoms with E-state index in [1.807, 2.05) is 30.3 Å². The maximum atomic E-state index is 11.9. The van der Waals surface area contributed by atoms with Crippen LogP contribution < -0.4 is 16.4 Å². The van der Waals surface area contributed by atoms with Gasteiger partial charge in [-0.25, -0.2) is 13.4 Å². The van der Waals surface area contributed by atoms with E-state index in [1.54, 1.807) is 10.7 Å². The molecule has 2 aliphatic rings. The van der Waals surface area contributed by atoms with Gasteiger partial charge in [0.2, 0.25) is 0 Å². The molecular formula is C20H24N6O2S. The maximum absolute atomic E-state index is 11.9. The number of fused-ring (bicyclic) bond motifs is 1. The standard InChI is InChI=1S/C20H24N6O2S/c1-29(27,28)11-12-8-14(4-5-15(12)16-9-17(16)21)23-18-10-20(24-13-2-3-13)26-19(25-18)6-7-22-26/h4-8,10,13,16-17,24H,2-3,9,11,21H2,1H3,(H,23,25). The van der Waals surface area contributed by atoms with Gasteiger partial charge in [-0.15, -0.1) is 0 Å². The minimum atomic E-state index is -3.15. The van der Waals surface area contributed by atoms with Crippen molar-refractivity contribution in [3.8, 4) is 0 Å². The van der Waals surface area contributed by atoms with Gasteiger partial charge in [0.15, 0.2) is 15.5 Å². The zero-order chi connectivity index (χ0) is 20.2. The lowest BCUT2D eigenvalue weighted by molar-refractivity contribution is 0.601. The van der Waals surface area contributed by atoms with E-state index in [1.165, 1.54) is 6.26 Å². The second-order valence-electron chi connectivity index (χ2n) is 8.16. The number of anilines is 3. The number of rotatable bonds is 7. The van der Waals surface area contributed by atoms with Crippen LogP contribution in [0.5, 0.6) is 0 Å². The quantitative estimate of drug-likeness (QED) is 0.546. The lowest BCUT2D eigenvalue weighted by Crippen LogP contribution is -2.09. The molecule has 0 spiro atoms. The fourth-order valence-electron chi connectivity index (χ4n) is 3.69. The van der Waals surface area contributed by atoms with Crippen molar-refractivity contribution in [2.45, 2.75) is 43.0 Å². The first-order valence-electron chi connectivity index (χ1n) is 9.80. The van der Waals surface area contributed by atoms with Gasteiger partial charge >= 0.3 is 0 Å². The van der Waals surface area contributed by atoms with E-state index in [9.17, 15) is 8.42 Å². The number of nitrogens with two attached hydrogens (primary N) is 1. The molecule has 2 fully saturated rings. The van der Waals surface area contributed by atoms with Crippen molar-refractivity contribution in [3.05, 3.63) is 47.7 Å². The fraction of sp³-hybridized carbons (Fsp3) is 0.400. The molecule has 2 atom stereocenters. The number of nitrogens with zero attached hydrogens (tertiary/aromatic N) is 3. The Morgan fingerprint density at radius 2 is 2.03 bits per heavy atom. The Morgan fingerprint density at radius 1 is 1.24 bits per heavy atom. The van der Waals surface area contributed by atoms with Crippen molar-refractivity contribution in [2.24, 2.45) is 5.73 Å². The van der Waals surface area contributed by atoms with Crippen LogP contribution in [0.3, 0.4) is 0 Å². The van der Waals surface area contributed by atoms with E-state index in [-0.39, 0.29) is 17.7 Å². The van der Waals surface area contributed by atoms with Crippen LogP contribution in [0.4, 0.5) is 17.3 Å². The summed E-state index contributed by atoms with van der Waals surface area (Å²) in [7, 11) is -3.15. The first-order valence-corrected chi connectivity index (χ1v) is 11.9. The predicted octanol–water partition coefficient (Wildman–Crippen LogP) is 2.41. The molecule has 2 aromatic heterocycles. The normalized spacial score (nSPS) is 21.3. The van der Waals surface area contributed by atoms with E-state index in [0.717, 1.165) is 47.5 Å². The highest BCUT2D eigenvalue weighted by molar-refractivity contribution is 7.89. The second kappa shape index (κ2) is 6.70. The third-order valence-corrected chi connectivity index (χ3v) is 6.20. The fourth-order valence-corrected chi connectivity index (χ4v) is 4.50. The number of hydrogen-bond acceptors (Lipinski definition) is 7. The van der Waals surface area contributed by atoms with Crippen LogP contribution in [0.2, 0.25) is 0 Å². The van der Waals surface area contributed by atoms with Crippen LogP contribution >= 0.6 is 0 Å². The topological polar surface area (TPSA) is 114 Å². The van der Waals surface area contributed by atoms with Gasteiger partial charge in [0.25, 0.3) is 0 Å². The molecule has 29 heavy (non-hydrogen) atoms. The first-order chi connectivity index (χ1) is 13.9. The molecule has 2 heterocycles. The molecule has 3 aromatic rings. The van der Waals surface area contributed by atoms with Crippen molar-refractivity contribution >= 4 is 32.8 Å². The van der Waals surface area contributed by atoms with Crippen LogP contribution in [0, 0.1) is 0 Å². The summed E-state index contributed by atoms with van der Waals surface area (Å²) in [6.07, 6.45) is 6.21. The molecular weight excluding hydrogens is 388 g/mol. The van der Waals surface area contributed by atoms with Gasteiger partial charge in [0, 0.05) is 42.1 Å². The monoisotopic (exact) mass is 412 g/mol. The lowest BCUT2D eigenvalue weighted by Gasteiger charge is -2.14. The molecule has 152 valence electrons. The molecule has 2 saturated carbocycles. The average Bonchev–Trinajstić information content (AvgIpc) is 3.53. The Morgan fingerprint density at radius 3 is 2.72 bits per heavy atom. The Labute approximate surface area is 169 Å². The minimum Gasteiger partial charge on any atom is -0.367 e. The second-order valence-corrected chi connectivity index (χ2v) is 10.3. The Balaban J connectivity index is 1.47. The number of nitrogens with one attached hydrogen (secondary N) is 2. The summed E-state index contributed by atoms with van der Waals surface area (Å²) in [5, 5.41) is 11.1. The van der Waals surface area contributed by atoms with Gasteiger partial charge in [0.1, 0.15) is 11.6 Å². The van der Waals surface area contributed by atoms with Gasteiger partial charge < -0.3 is 16.4 Å². The molecule has 2 unspecified atom stereocenters. The zero-order valence-corrected chi connectivity index (χ0v) is 17.0. The SMILES string of the molecule is CS(=O)(=O)Cc1cc(Nc2cc(NC3CC3)n3nccc3n2)ccc1C1CC1N. The van der Waals surface area contributed by atoms with Crippen molar-refractivity contribution in [3.63, 3.8) is 0 Å². The average molecular weight is 413 g/mol. The maximum Gasteiger partial charge on any atom is 0.159 e. The third-order valence-electron chi connectivity index (χ3n) is 5.36. The molecule has 2 aliphatic carbocycles. The largest absolute Gasteiger partial charge is 0.367 e. The Bertz CT molecular complexity index is 1180. The van der Waals surface area contributed by atoms with Gasteiger partial charge in [0.05, 0.1) is 11.9 Å². The van der Waals surface area contributed by atoms with Gasteiger partial charge in [-0.1, -0.05) is 6.07 Å². The molecule has 0 radical (unpaired) electrons. The molecule has 1 aromatic carbocycles. The molecule has 0 amide bonds. The Kier molecular flexibility index (Phi) is 4.25. The summed E-state index contributed by atoms with van der Waals surface area (Å²) in [6, 6.07) is 10.2. The highest BCUT2D eigenvalue weighted by Crippen LogP contribution is 2.42. The molecule has 4 N–H and O–H groups in total. The highest BCUT2D eigenvalue weighted by atomic mass is 32.2. The number of benzene rings is 1. The predicted molar refractivity (Wildman–Crippen MR) is 113 cm³/mol. The minimum absolute atomic E-state index is 0.00461. The van der Waals surface area contributed by atoms with Crippen LogP contribution in [0.25, 0.3) is 5.65 Å². The summed E-state index contributed by atoms with van der Waals surface area (Å²) in [5.74, 6) is 1.82. The summed E-state index contributed by atoms with van der Waals surface area (Å²) < 4.78 is 25.7. The van der Waals surface area contributed by atoms with Crippen molar-refractivity contribution in [1.82, 2.24) is 14.6 Å². The van der Waals surface area contributed by atoms with Gasteiger partial charge in [-0.05, 0) is 42.5 Å². The lowest BCUT2D eigenvalue weighted by atomic mass is 10.0. The van der Waals surface area contributed by atoms with E-state index in [4.69, 9.17) is 5.73 Å². The number of sulfone groups is 1. The van der Waals surface area contributed by atoms with Gasteiger partial charge in [-0.3, -0.25) is 0 Å². The Hall–Kier alpha value is -2.65. The van der Waals surface area contributed by atoms with Crippen LogP contribution in [-0.4, -0.2) is 41.4 Å². The van der Waals surface area contributed by atoms with Crippen LogP contribution in [-0.2, 0) is 15.6 Å². The molecule has 9 heteroatoms. The zero-order valence-electron chi connectivity index (χ0n) is 16.2. The van der Waals surface area contributed by atoms with Crippen molar-refractivity contribution in [2.75, 3.05) is 16.9 Å². The molecule has 0 bridgehead atoms.